The Bertz CT molecular complexity index is 607. The van der Waals surface area contributed by atoms with Gasteiger partial charge in [0.2, 0.25) is 5.91 Å². The third-order valence-electron chi connectivity index (χ3n) is 4.10. The molecule has 1 aromatic carbocycles. The van der Waals surface area contributed by atoms with Crippen molar-refractivity contribution in [2.75, 3.05) is 13.1 Å². The molecule has 4 nitrogen and oxygen atoms in total. The van der Waals surface area contributed by atoms with Crippen LogP contribution in [0.25, 0.3) is 10.2 Å². The summed E-state index contributed by atoms with van der Waals surface area (Å²) in [6.45, 7) is 3.34. The molecule has 1 saturated heterocycles. The van der Waals surface area contributed by atoms with E-state index in [9.17, 15) is 9.90 Å². The normalized spacial score (nSPS) is 22.7. The molecular formula is C16H20N2O2S. The highest BCUT2D eigenvalue weighted by Gasteiger charge is 2.26. The third-order valence-corrected chi connectivity index (χ3v) is 5.20. The maximum atomic E-state index is 12.3. The van der Waals surface area contributed by atoms with Crippen LogP contribution >= 0.6 is 11.3 Å². The van der Waals surface area contributed by atoms with Crippen molar-refractivity contribution in [1.29, 1.82) is 0 Å². The number of piperidine rings is 1. The van der Waals surface area contributed by atoms with Gasteiger partial charge in [0.25, 0.3) is 0 Å². The molecule has 112 valence electrons. The van der Waals surface area contributed by atoms with Crippen LogP contribution in [0.2, 0.25) is 0 Å². The van der Waals surface area contributed by atoms with Crippen molar-refractivity contribution in [3.05, 3.63) is 29.3 Å². The molecule has 1 amide bonds. The number of hydrogen-bond donors (Lipinski definition) is 1. The molecule has 5 heteroatoms. The minimum atomic E-state index is -0.265. The van der Waals surface area contributed by atoms with E-state index in [1.54, 1.807) is 11.3 Å². The van der Waals surface area contributed by atoms with Crippen LogP contribution in [0, 0.1) is 5.92 Å². The summed E-state index contributed by atoms with van der Waals surface area (Å²) in [6, 6.07) is 8.06. The number of carbonyl (C=O) groups is 1. The molecule has 0 radical (unpaired) electrons. The van der Waals surface area contributed by atoms with Gasteiger partial charge in [-0.05, 0) is 24.5 Å². The number of benzene rings is 1. The fraction of sp³-hybridized carbons (Fsp3) is 0.500. The van der Waals surface area contributed by atoms with Crippen LogP contribution in [-0.4, -0.2) is 40.1 Å². The van der Waals surface area contributed by atoms with Crippen LogP contribution in [0.1, 0.15) is 24.8 Å². The summed E-state index contributed by atoms with van der Waals surface area (Å²) in [5.74, 6) is 0.346. The first-order valence-electron chi connectivity index (χ1n) is 7.44. The molecule has 0 aliphatic carbocycles. The molecule has 1 aliphatic rings. The average Bonchev–Trinajstić information content (AvgIpc) is 2.90. The van der Waals surface area contributed by atoms with E-state index in [-0.39, 0.29) is 17.9 Å². The number of amides is 1. The van der Waals surface area contributed by atoms with Gasteiger partial charge in [0, 0.05) is 25.9 Å². The lowest BCUT2D eigenvalue weighted by molar-refractivity contribution is -0.134. The van der Waals surface area contributed by atoms with E-state index in [0.29, 0.717) is 32.4 Å². The Morgan fingerprint density at radius 2 is 2.29 bits per heavy atom. The zero-order valence-electron chi connectivity index (χ0n) is 12.2. The summed E-state index contributed by atoms with van der Waals surface area (Å²) in [5.41, 5.74) is 1.01. The lowest BCUT2D eigenvalue weighted by Crippen LogP contribution is -2.45. The molecule has 1 fully saturated rings. The summed E-state index contributed by atoms with van der Waals surface area (Å²) < 4.78 is 1.18. The predicted octanol–water partition coefficient (Wildman–Crippen LogP) is 2.46. The quantitative estimate of drug-likeness (QED) is 0.947. The van der Waals surface area contributed by atoms with Crippen LogP contribution in [-0.2, 0) is 11.2 Å². The number of thiazole rings is 1. The van der Waals surface area contributed by atoms with Crippen molar-refractivity contribution in [2.24, 2.45) is 5.92 Å². The molecule has 2 heterocycles. The zero-order valence-corrected chi connectivity index (χ0v) is 13.0. The van der Waals surface area contributed by atoms with Crippen molar-refractivity contribution < 1.29 is 9.90 Å². The van der Waals surface area contributed by atoms with Gasteiger partial charge in [-0.1, -0.05) is 19.1 Å². The fourth-order valence-electron chi connectivity index (χ4n) is 2.76. The van der Waals surface area contributed by atoms with E-state index in [2.05, 4.69) is 11.1 Å². The maximum Gasteiger partial charge on any atom is 0.223 e. The fourth-order valence-corrected chi connectivity index (χ4v) is 3.73. The van der Waals surface area contributed by atoms with Crippen LogP contribution in [0.5, 0.6) is 0 Å². The summed E-state index contributed by atoms with van der Waals surface area (Å²) in [4.78, 5) is 18.7. The number of likely N-dealkylation sites (tertiary alicyclic amines) is 1. The number of hydrogen-bond acceptors (Lipinski definition) is 4. The standard InChI is InChI=1S/C16H20N2O2S/c1-11-10-18(9-8-13(11)19)16(20)7-6-15-17-12-4-2-3-5-14(12)21-15/h2-5,11,13,19H,6-10H2,1H3. The highest BCUT2D eigenvalue weighted by molar-refractivity contribution is 7.18. The highest BCUT2D eigenvalue weighted by Crippen LogP contribution is 2.23. The van der Waals surface area contributed by atoms with E-state index in [1.807, 2.05) is 30.0 Å². The topological polar surface area (TPSA) is 53.4 Å². The van der Waals surface area contributed by atoms with Gasteiger partial charge in [-0.25, -0.2) is 4.98 Å². The van der Waals surface area contributed by atoms with Crippen LogP contribution in [0.4, 0.5) is 0 Å². The molecule has 1 N–H and O–H groups in total. The number of aliphatic hydroxyl groups excluding tert-OH is 1. The molecule has 3 rings (SSSR count). The van der Waals surface area contributed by atoms with Crippen molar-refractivity contribution in [3.8, 4) is 0 Å². The second-order valence-electron chi connectivity index (χ2n) is 5.75. The first-order valence-corrected chi connectivity index (χ1v) is 8.25. The molecule has 2 atom stereocenters. The van der Waals surface area contributed by atoms with Crippen molar-refractivity contribution in [2.45, 2.75) is 32.3 Å². The van der Waals surface area contributed by atoms with Crippen molar-refractivity contribution >= 4 is 27.5 Å². The van der Waals surface area contributed by atoms with Gasteiger partial charge in [-0.2, -0.15) is 0 Å². The summed E-state index contributed by atoms with van der Waals surface area (Å²) in [7, 11) is 0. The van der Waals surface area contributed by atoms with Gasteiger partial charge in [-0.3, -0.25) is 4.79 Å². The number of aromatic nitrogens is 1. The first kappa shape index (κ1) is 14.5. The monoisotopic (exact) mass is 304 g/mol. The molecule has 0 bridgehead atoms. The van der Waals surface area contributed by atoms with Gasteiger partial charge in [0.1, 0.15) is 0 Å². The second-order valence-corrected chi connectivity index (χ2v) is 6.86. The number of rotatable bonds is 3. The number of aryl methyl sites for hydroxylation is 1. The zero-order chi connectivity index (χ0) is 14.8. The first-order chi connectivity index (χ1) is 10.1. The molecule has 2 aromatic rings. The van der Waals surface area contributed by atoms with Crippen LogP contribution in [0.3, 0.4) is 0 Å². The van der Waals surface area contributed by atoms with Crippen molar-refractivity contribution in [1.82, 2.24) is 9.88 Å². The Hall–Kier alpha value is -1.46. The third kappa shape index (κ3) is 3.24. The molecule has 1 aliphatic heterocycles. The lowest BCUT2D eigenvalue weighted by atomic mass is 9.96. The number of nitrogens with zero attached hydrogens (tertiary/aromatic N) is 2. The SMILES string of the molecule is CC1CN(C(=O)CCc2nc3ccccc3s2)CCC1O. The predicted molar refractivity (Wildman–Crippen MR) is 84.3 cm³/mol. The van der Waals surface area contributed by atoms with Gasteiger partial charge in [0.15, 0.2) is 0 Å². The molecule has 2 unspecified atom stereocenters. The Kier molecular flexibility index (Phi) is 4.22. The Labute approximate surface area is 128 Å². The number of para-hydroxylation sites is 1. The Balaban J connectivity index is 1.58. The van der Waals surface area contributed by atoms with E-state index in [1.165, 1.54) is 4.70 Å². The Morgan fingerprint density at radius 1 is 1.48 bits per heavy atom. The van der Waals surface area contributed by atoms with Gasteiger partial charge in [-0.15, -0.1) is 11.3 Å². The van der Waals surface area contributed by atoms with E-state index in [4.69, 9.17) is 0 Å². The van der Waals surface area contributed by atoms with Crippen LogP contribution < -0.4 is 0 Å². The number of carbonyl (C=O) groups excluding carboxylic acids is 1. The smallest absolute Gasteiger partial charge is 0.223 e. The van der Waals surface area contributed by atoms with Gasteiger partial charge in [0.05, 0.1) is 21.3 Å². The summed E-state index contributed by atoms with van der Waals surface area (Å²) >= 11 is 1.67. The molecule has 21 heavy (non-hydrogen) atoms. The second kappa shape index (κ2) is 6.12. The summed E-state index contributed by atoms with van der Waals surface area (Å²) in [6.07, 6.45) is 1.63. The minimum absolute atomic E-state index is 0.171. The number of aliphatic hydroxyl groups is 1. The van der Waals surface area contributed by atoms with E-state index >= 15 is 0 Å². The Morgan fingerprint density at radius 3 is 3.05 bits per heavy atom. The maximum absolute atomic E-state index is 12.3. The lowest BCUT2D eigenvalue weighted by Gasteiger charge is -2.34. The minimum Gasteiger partial charge on any atom is -0.393 e. The molecule has 0 spiro atoms. The van der Waals surface area contributed by atoms with Gasteiger partial charge >= 0.3 is 0 Å². The largest absolute Gasteiger partial charge is 0.393 e. The average molecular weight is 304 g/mol. The van der Waals surface area contributed by atoms with E-state index in [0.717, 1.165) is 10.5 Å². The summed E-state index contributed by atoms with van der Waals surface area (Å²) in [5, 5.41) is 10.7. The molecule has 0 saturated carbocycles. The molecular weight excluding hydrogens is 284 g/mol. The van der Waals surface area contributed by atoms with Gasteiger partial charge < -0.3 is 10.0 Å². The van der Waals surface area contributed by atoms with Crippen LogP contribution in [0.15, 0.2) is 24.3 Å². The molecule has 1 aromatic heterocycles. The van der Waals surface area contributed by atoms with Crippen molar-refractivity contribution in [3.63, 3.8) is 0 Å². The number of fused-ring (bicyclic) bond motifs is 1. The van der Waals surface area contributed by atoms with E-state index < -0.39 is 0 Å². The highest BCUT2D eigenvalue weighted by atomic mass is 32.1.